The van der Waals surface area contributed by atoms with Crippen molar-refractivity contribution in [2.24, 2.45) is 0 Å². The maximum Gasteiger partial charge on any atom is 0.222 e. The van der Waals surface area contributed by atoms with E-state index in [1.54, 1.807) is 16.2 Å². The maximum atomic E-state index is 11.6. The second-order valence-electron chi connectivity index (χ2n) is 3.54. The minimum Gasteiger partial charge on any atom is -0.341 e. The Kier molecular flexibility index (Phi) is 5.36. The molecule has 0 fully saturated rings. The van der Waals surface area contributed by atoms with Crippen molar-refractivity contribution in [3.63, 3.8) is 0 Å². The van der Waals surface area contributed by atoms with E-state index in [1.165, 1.54) is 4.88 Å². The van der Waals surface area contributed by atoms with Crippen LogP contribution in [0.5, 0.6) is 0 Å². The fourth-order valence-electron chi connectivity index (χ4n) is 1.33. The minimum absolute atomic E-state index is 0.221. The molecule has 1 amide bonds. The second kappa shape index (κ2) is 6.58. The zero-order valence-electron chi connectivity index (χ0n) is 9.32. The summed E-state index contributed by atoms with van der Waals surface area (Å²) in [7, 11) is 3.77. The molecule has 1 rings (SSSR count). The van der Waals surface area contributed by atoms with Crippen molar-refractivity contribution in [2.45, 2.75) is 19.4 Å². The summed E-state index contributed by atoms with van der Waals surface area (Å²) in [6.07, 6.45) is 1.53. The van der Waals surface area contributed by atoms with Gasteiger partial charge in [-0.1, -0.05) is 6.07 Å². The first-order valence-electron chi connectivity index (χ1n) is 5.15. The summed E-state index contributed by atoms with van der Waals surface area (Å²) in [5, 5.41) is 5.08. The van der Waals surface area contributed by atoms with Gasteiger partial charge in [-0.15, -0.1) is 11.3 Å². The van der Waals surface area contributed by atoms with Gasteiger partial charge in [0.2, 0.25) is 5.91 Å². The molecular formula is C11H18N2OS. The zero-order valence-corrected chi connectivity index (χ0v) is 10.1. The summed E-state index contributed by atoms with van der Waals surface area (Å²) in [5.41, 5.74) is 0. The Labute approximate surface area is 95.1 Å². The first-order valence-corrected chi connectivity index (χ1v) is 6.03. The van der Waals surface area contributed by atoms with Gasteiger partial charge in [0.1, 0.15) is 0 Å². The summed E-state index contributed by atoms with van der Waals surface area (Å²) in [4.78, 5) is 14.7. The van der Waals surface area contributed by atoms with Gasteiger partial charge in [-0.05, 0) is 31.5 Å². The Morgan fingerprint density at radius 3 is 3.00 bits per heavy atom. The van der Waals surface area contributed by atoms with Crippen LogP contribution in [-0.2, 0) is 11.3 Å². The Morgan fingerprint density at radius 1 is 1.60 bits per heavy atom. The molecule has 1 aromatic rings. The quantitative estimate of drug-likeness (QED) is 0.749. The highest BCUT2D eigenvalue weighted by Gasteiger charge is 2.08. The van der Waals surface area contributed by atoms with Gasteiger partial charge in [0, 0.05) is 18.3 Å². The highest BCUT2D eigenvalue weighted by molar-refractivity contribution is 7.09. The lowest BCUT2D eigenvalue weighted by atomic mass is 10.2. The van der Waals surface area contributed by atoms with Gasteiger partial charge in [0.05, 0.1) is 6.54 Å². The largest absolute Gasteiger partial charge is 0.341 e. The van der Waals surface area contributed by atoms with Crippen LogP contribution in [0.15, 0.2) is 17.5 Å². The number of nitrogens with one attached hydrogen (secondary N) is 1. The summed E-state index contributed by atoms with van der Waals surface area (Å²) in [5.74, 6) is 0.221. The molecule has 0 aliphatic carbocycles. The topological polar surface area (TPSA) is 32.3 Å². The molecule has 0 aliphatic rings. The molecule has 0 unspecified atom stereocenters. The zero-order chi connectivity index (χ0) is 11.1. The van der Waals surface area contributed by atoms with E-state index in [2.05, 4.69) is 11.4 Å². The molecule has 0 spiro atoms. The van der Waals surface area contributed by atoms with Gasteiger partial charge in [0.25, 0.3) is 0 Å². The number of hydrogen-bond acceptors (Lipinski definition) is 3. The highest BCUT2D eigenvalue weighted by atomic mass is 32.1. The smallest absolute Gasteiger partial charge is 0.222 e. The van der Waals surface area contributed by atoms with Crippen LogP contribution in [0.3, 0.4) is 0 Å². The monoisotopic (exact) mass is 226 g/mol. The van der Waals surface area contributed by atoms with Crippen LogP contribution in [0.1, 0.15) is 17.7 Å². The van der Waals surface area contributed by atoms with Crippen molar-refractivity contribution in [3.8, 4) is 0 Å². The number of carbonyl (C=O) groups excluding carboxylic acids is 1. The normalized spacial score (nSPS) is 10.3. The summed E-state index contributed by atoms with van der Waals surface area (Å²) < 4.78 is 0. The van der Waals surface area contributed by atoms with Crippen LogP contribution in [0, 0.1) is 0 Å². The van der Waals surface area contributed by atoms with Gasteiger partial charge in [0.15, 0.2) is 0 Å². The summed E-state index contributed by atoms with van der Waals surface area (Å²) >= 11 is 1.69. The molecule has 0 atom stereocenters. The molecular weight excluding hydrogens is 208 g/mol. The first-order chi connectivity index (χ1) is 7.24. The molecule has 4 heteroatoms. The fourth-order valence-corrected chi connectivity index (χ4v) is 2.09. The number of amides is 1. The predicted molar refractivity (Wildman–Crippen MR) is 64.0 cm³/mol. The van der Waals surface area contributed by atoms with Crippen LogP contribution in [0.25, 0.3) is 0 Å². The lowest BCUT2D eigenvalue weighted by molar-refractivity contribution is -0.130. The Morgan fingerprint density at radius 2 is 2.40 bits per heavy atom. The molecule has 1 N–H and O–H groups in total. The number of rotatable bonds is 6. The third kappa shape index (κ3) is 4.44. The third-order valence-electron chi connectivity index (χ3n) is 2.22. The van der Waals surface area contributed by atoms with Gasteiger partial charge >= 0.3 is 0 Å². The molecule has 84 valence electrons. The fraction of sp³-hybridized carbons (Fsp3) is 0.545. The Bertz CT molecular complexity index is 285. The van der Waals surface area contributed by atoms with E-state index in [1.807, 2.05) is 25.5 Å². The van der Waals surface area contributed by atoms with Crippen molar-refractivity contribution in [3.05, 3.63) is 22.4 Å². The van der Waals surface area contributed by atoms with Gasteiger partial charge < -0.3 is 10.2 Å². The highest BCUT2D eigenvalue weighted by Crippen LogP contribution is 2.11. The van der Waals surface area contributed by atoms with Crippen LogP contribution in [-0.4, -0.2) is 31.4 Å². The average molecular weight is 226 g/mol. The standard InChI is InChI=1S/C11H18N2OS/c1-12-7-3-6-11(14)13(2)9-10-5-4-8-15-10/h4-5,8,12H,3,6-7,9H2,1-2H3. The molecule has 0 saturated heterocycles. The average Bonchev–Trinajstić information content (AvgIpc) is 2.70. The van der Waals surface area contributed by atoms with Crippen LogP contribution in [0.4, 0.5) is 0 Å². The van der Waals surface area contributed by atoms with E-state index in [4.69, 9.17) is 0 Å². The van der Waals surface area contributed by atoms with Crippen LogP contribution in [0.2, 0.25) is 0 Å². The lowest BCUT2D eigenvalue weighted by Crippen LogP contribution is -2.26. The predicted octanol–water partition coefficient (Wildman–Crippen LogP) is 1.71. The SMILES string of the molecule is CNCCCC(=O)N(C)Cc1cccs1. The maximum absolute atomic E-state index is 11.6. The van der Waals surface area contributed by atoms with Gasteiger partial charge in [-0.25, -0.2) is 0 Å². The number of carbonyl (C=O) groups is 1. The summed E-state index contributed by atoms with van der Waals surface area (Å²) in [6.45, 7) is 1.63. The number of thiophene rings is 1. The van der Waals surface area contributed by atoms with E-state index in [0.29, 0.717) is 6.42 Å². The van der Waals surface area contributed by atoms with E-state index < -0.39 is 0 Å². The van der Waals surface area contributed by atoms with Crippen LogP contribution < -0.4 is 5.32 Å². The van der Waals surface area contributed by atoms with Crippen molar-refractivity contribution >= 4 is 17.2 Å². The molecule has 1 heterocycles. The van der Waals surface area contributed by atoms with Gasteiger partial charge in [-0.3, -0.25) is 4.79 Å². The molecule has 0 aliphatic heterocycles. The first kappa shape index (κ1) is 12.2. The van der Waals surface area contributed by atoms with Crippen LogP contribution >= 0.6 is 11.3 Å². The lowest BCUT2D eigenvalue weighted by Gasteiger charge is -2.15. The van der Waals surface area contributed by atoms with Crippen molar-refractivity contribution in [1.82, 2.24) is 10.2 Å². The summed E-state index contributed by atoms with van der Waals surface area (Å²) in [6, 6.07) is 4.07. The molecule has 1 aromatic heterocycles. The molecule has 15 heavy (non-hydrogen) atoms. The van der Waals surface area contributed by atoms with E-state index >= 15 is 0 Å². The Hall–Kier alpha value is -0.870. The number of nitrogens with zero attached hydrogens (tertiary/aromatic N) is 1. The minimum atomic E-state index is 0.221. The van der Waals surface area contributed by atoms with E-state index in [9.17, 15) is 4.79 Å². The second-order valence-corrected chi connectivity index (χ2v) is 4.57. The molecule has 0 saturated carbocycles. The van der Waals surface area contributed by atoms with E-state index in [-0.39, 0.29) is 5.91 Å². The number of hydrogen-bond donors (Lipinski definition) is 1. The van der Waals surface area contributed by atoms with Crippen molar-refractivity contribution < 1.29 is 4.79 Å². The third-order valence-corrected chi connectivity index (χ3v) is 3.08. The van der Waals surface area contributed by atoms with E-state index in [0.717, 1.165) is 19.5 Å². The van der Waals surface area contributed by atoms with Crippen molar-refractivity contribution in [1.29, 1.82) is 0 Å². The van der Waals surface area contributed by atoms with Gasteiger partial charge in [-0.2, -0.15) is 0 Å². The Balaban J connectivity index is 2.27. The molecule has 0 aromatic carbocycles. The molecule has 0 bridgehead atoms. The molecule has 3 nitrogen and oxygen atoms in total. The molecule has 0 radical (unpaired) electrons. The van der Waals surface area contributed by atoms with Crippen molar-refractivity contribution in [2.75, 3.05) is 20.6 Å².